The van der Waals surface area contributed by atoms with Crippen LogP contribution in [0.3, 0.4) is 0 Å². The summed E-state index contributed by atoms with van der Waals surface area (Å²) in [5.41, 5.74) is 0.798. The van der Waals surface area contributed by atoms with E-state index in [0.29, 0.717) is 11.5 Å². The van der Waals surface area contributed by atoms with E-state index in [1.165, 1.54) is 0 Å². The minimum atomic E-state index is -3.37. The molecular formula is C12H13NO4S2. The van der Waals surface area contributed by atoms with E-state index in [1.807, 2.05) is 26.0 Å². The zero-order chi connectivity index (χ0) is 13.7. The van der Waals surface area contributed by atoms with Gasteiger partial charge >= 0.3 is 0 Å². The van der Waals surface area contributed by atoms with Gasteiger partial charge in [-0.2, -0.15) is 0 Å². The first-order valence-electron chi connectivity index (χ1n) is 5.79. The Labute approximate surface area is 116 Å². The third kappa shape index (κ3) is 2.57. The number of nitrogens with zero attached hydrogens (tertiary/aromatic N) is 1. The summed E-state index contributed by atoms with van der Waals surface area (Å²) in [6, 6.07) is 5.61. The Kier molecular flexibility index (Phi) is 2.79. The Morgan fingerprint density at radius 1 is 1.42 bits per heavy atom. The van der Waals surface area contributed by atoms with Crippen LogP contribution < -0.4 is 9.47 Å². The lowest BCUT2D eigenvalue weighted by Gasteiger charge is -2.17. The van der Waals surface area contributed by atoms with E-state index in [9.17, 15) is 8.42 Å². The summed E-state index contributed by atoms with van der Waals surface area (Å²) < 4.78 is 37.5. The quantitative estimate of drug-likeness (QED) is 0.795. The maximum atomic E-state index is 11.2. The summed E-state index contributed by atoms with van der Waals surface area (Å²) in [4.78, 5) is 0. The maximum Gasteiger partial charge on any atom is 0.268 e. The van der Waals surface area contributed by atoms with E-state index in [2.05, 4.69) is 4.40 Å². The van der Waals surface area contributed by atoms with Crippen molar-refractivity contribution in [3.8, 4) is 11.5 Å². The number of ether oxygens (including phenoxy) is 2. The van der Waals surface area contributed by atoms with Gasteiger partial charge in [0.05, 0.1) is 0 Å². The minimum Gasteiger partial charge on any atom is -0.483 e. The standard InChI is InChI=1S/C12H13NO4S2/c1-12(2)6-8-4-3-5-9(10(8)17-12)16-11-13-19(14,15)7-18-11/h3-5H,6-7H2,1-2H3. The summed E-state index contributed by atoms with van der Waals surface area (Å²) in [6.45, 7) is 4.01. The number of rotatable bonds is 1. The molecule has 0 bridgehead atoms. The average molecular weight is 299 g/mol. The van der Waals surface area contributed by atoms with Crippen LogP contribution in [0.5, 0.6) is 11.5 Å². The number of sulfonamides is 1. The van der Waals surface area contributed by atoms with Crippen LogP contribution in [0.15, 0.2) is 22.6 Å². The molecule has 0 aromatic heterocycles. The maximum absolute atomic E-state index is 11.2. The van der Waals surface area contributed by atoms with Crippen molar-refractivity contribution in [1.82, 2.24) is 0 Å². The van der Waals surface area contributed by atoms with Gasteiger partial charge < -0.3 is 9.47 Å². The molecule has 3 rings (SSSR count). The summed E-state index contributed by atoms with van der Waals surface area (Å²) in [6.07, 6.45) is 0.803. The number of fused-ring (bicyclic) bond motifs is 1. The zero-order valence-corrected chi connectivity index (χ0v) is 12.2. The van der Waals surface area contributed by atoms with Gasteiger partial charge in [-0.25, -0.2) is 8.42 Å². The van der Waals surface area contributed by atoms with Gasteiger partial charge in [-0.05, 0) is 31.7 Å². The highest BCUT2D eigenvalue weighted by molar-refractivity contribution is 8.24. The average Bonchev–Trinajstić information content (AvgIpc) is 2.77. The molecule has 5 nitrogen and oxygen atoms in total. The monoisotopic (exact) mass is 299 g/mol. The summed E-state index contributed by atoms with van der Waals surface area (Å²) in [5.74, 6) is 1.20. The van der Waals surface area contributed by atoms with Crippen molar-refractivity contribution >= 4 is 27.0 Å². The highest BCUT2D eigenvalue weighted by Gasteiger charge is 2.33. The Bertz CT molecular complexity index is 664. The predicted octanol–water partition coefficient (Wildman–Crippen LogP) is 2.17. The molecule has 102 valence electrons. The molecule has 2 aliphatic rings. The second-order valence-corrected chi connectivity index (χ2v) is 8.01. The van der Waals surface area contributed by atoms with Crippen LogP contribution in [0.25, 0.3) is 0 Å². The van der Waals surface area contributed by atoms with Gasteiger partial charge in [0, 0.05) is 12.0 Å². The van der Waals surface area contributed by atoms with Crippen molar-refractivity contribution in [2.24, 2.45) is 4.40 Å². The van der Waals surface area contributed by atoms with Crippen molar-refractivity contribution in [3.63, 3.8) is 0 Å². The number of benzene rings is 1. The fraction of sp³-hybridized carbons (Fsp3) is 0.417. The fourth-order valence-electron chi connectivity index (χ4n) is 2.10. The molecule has 0 spiro atoms. The first-order chi connectivity index (χ1) is 8.85. The largest absolute Gasteiger partial charge is 0.483 e. The van der Waals surface area contributed by atoms with Crippen LogP contribution in [-0.4, -0.2) is 24.3 Å². The van der Waals surface area contributed by atoms with Crippen LogP contribution in [0, 0.1) is 0 Å². The minimum absolute atomic E-state index is 0.0658. The molecule has 0 N–H and O–H groups in total. The molecule has 19 heavy (non-hydrogen) atoms. The van der Waals surface area contributed by atoms with Gasteiger partial charge in [-0.15, -0.1) is 4.40 Å². The Hall–Kier alpha value is -1.21. The first kappa shape index (κ1) is 12.8. The molecular weight excluding hydrogens is 286 g/mol. The van der Waals surface area contributed by atoms with E-state index in [0.717, 1.165) is 23.7 Å². The number of thioether (sulfide) groups is 1. The molecule has 7 heteroatoms. The van der Waals surface area contributed by atoms with Crippen LogP contribution in [0.2, 0.25) is 0 Å². The molecule has 0 atom stereocenters. The molecule has 0 radical (unpaired) electrons. The second-order valence-electron chi connectivity index (χ2n) is 5.09. The molecule has 0 saturated carbocycles. The van der Waals surface area contributed by atoms with Gasteiger partial charge in [-0.1, -0.05) is 12.1 Å². The highest BCUT2D eigenvalue weighted by Crippen LogP contribution is 2.42. The molecule has 2 aliphatic heterocycles. The molecule has 0 fully saturated rings. The van der Waals surface area contributed by atoms with E-state index in [1.54, 1.807) is 6.07 Å². The summed E-state index contributed by atoms with van der Waals surface area (Å²) >= 11 is 1.07. The lowest BCUT2D eigenvalue weighted by atomic mass is 10.0. The van der Waals surface area contributed by atoms with Gasteiger partial charge in [0.25, 0.3) is 15.3 Å². The number of para-hydroxylation sites is 1. The van der Waals surface area contributed by atoms with Crippen LogP contribution in [0.1, 0.15) is 19.4 Å². The zero-order valence-electron chi connectivity index (χ0n) is 10.5. The Morgan fingerprint density at radius 2 is 2.21 bits per heavy atom. The van der Waals surface area contributed by atoms with Crippen LogP contribution in [0.4, 0.5) is 0 Å². The molecule has 2 heterocycles. The topological polar surface area (TPSA) is 65.0 Å². The van der Waals surface area contributed by atoms with Gasteiger partial charge in [0.2, 0.25) is 0 Å². The van der Waals surface area contributed by atoms with E-state index in [4.69, 9.17) is 9.47 Å². The van der Waals surface area contributed by atoms with E-state index >= 15 is 0 Å². The van der Waals surface area contributed by atoms with Crippen molar-refractivity contribution in [1.29, 1.82) is 0 Å². The molecule has 0 amide bonds. The smallest absolute Gasteiger partial charge is 0.268 e. The first-order valence-corrected chi connectivity index (χ1v) is 8.38. The molecule has 0 unspecified atom stereocenters. The van der Waals surface area contributed by atoms with Gasteiger partial charge in [-0.3, -0.25) is 0 Å². The van der Waals surface area contributed by atoms with Gasteiger partial charge in [0.1, 0.15) is 10.7 Å². The lowest BCUT2D eigenvalue weighted by Crippen LogP contribution is -2.24. The van der Waals surface area contributed by atoms with Gasteiger partial charge in [0.15, 0.2) is 11.5 Å². The fourth-order valence-corrected chi connectivity index (χ4v) is 4.28. The molecule has 0 saturated heterocycles. The third-order valence-electron chi connectivity index (χ3n) is 2.80. The van der Waals surface area contributed by atoms with Crippen molar-refractivity contribution in [3.05, 3.63) is 23.8 Å². The van der Waals surface area contributed by atoms with E-state index in [-0.39, 0.29) is 15.9 Å². The Morgan fingerprint density at radius 3 is 2.89 bits per heavy atom. The molecule has 1 aromatic rings. The van der Waals surface area contributed by atoms with Crippen molar-refractivity contribution < 1.29 is 17.9 Å². The van der Waals surface area contributed by atoms with Crippen molar-refractivity contribution in [2.45, 2.75) is 25.9 Å². The summed E-state index contributed by atoms with van der Waals surface area (Å²) in [7, 11) is -3.37. The second kappa shape index (κ2) is 4.14. The third-order valence-corrected chi connectivity index (χ3v) is 5.44. The lowest BCUT2D eigenvalue weighted by molar-refractivity contribution is 0.135. The summed E-state index contributed by atoms with van der Waals surface area (Å²) in [5, 5.41) is 0.0886. The van der Waals surface area contributed by atoms with E-state index < -0.39 is 10.0 Å². The molecule has 1 aromatic carbocycles. The van der Waals surface area contributed by atoms with Crippen LogP contribution in [-0.2, 0) is 16.4 Å². The number of hydrogen-bond acceptors (Lipinski definition) is 5. The molecule has 0 aliphatic carbocycles. The SMILES string of the molecule is CC1(C)Cc2cccc(OC3=NS(=O)(=O)CS3)c2O1. The normalized spacial score (nSPS) is 22.5. The van der Waals surface area contributed by atoms with Crippen molar-refractivity contribution in [2.75, 3.05) is 5.08 Å². The predicted molar refractivity (Wildman–Crippen MR) is 74.3 cm³/mol. The number of hydrogen-bond donors (Lipinski definition) is 0. The Balaban J connectivity index is 1.91. The highest BCUT2D eigenvalue weighted by atomic mass is 32.3. The van der Waals surface area contributed by atoms with Crippen LogP contribution >= 0.6 is 11.8 Å².